The lowest BCUT2D eigenvalue weighted by molar-refractivity contribution is -0.131. The van der Waals surface area contributed by atoms with E-state index in [1.165, 1.54) is 16.4 Å². The number of halogens is 2. The van der Waals surface area contributed by atoms with Gasteiger partial charge in [-0.3, -0.25) is 4.79 Å². The molecule has 0 radical (unpaired) electrons. The Morgan fingerprint density at radius 2 is 1.65 bits per heavy atom. The molecule has 1 fully saturated rings. The van der Waals surface area contributed by atoms with Gasteiger partial charge in [-0.1, -0.05) is 47.5 Å². The molecule has 3 rings (SSSR count). The highest BCUT2D eigenvalue weighted by molar-refractivity contribution is 7.89. The maximum absolute atomic E-state index is 12.7. The summed E-state index contributed by atoms with van der Waals surface area (Å²) in [5.41, 5.74) is 0.771. The number of benzene rings is 2. The van der Waals surface area contributed by atoms with Gasteiger partial charge in [0.15, 0.2) is 0 Å². The number of carbonyl (C=O) groups excluding carboxylic acids is 1. The summed E-state index contributed by atoms with van der Waals surface area (Å²) in [6.45, 7) is 1.21. The van der Waals surface area contributed by atoms with Gasteiger partial charge in [0, 0.05) is 36.2 Å². The van der Waals surface area contributed by atoms with Crippen LogP contribution in [0, 0.1) is 0 Å². The average Bonchev–Trinajstić information content (AvgIpc) is 2.63. The first kappa shape index (κ1) is 19.2. The molecule has 0 aromatic heterocycles. The molecule has 0 atom stereocenters. The summed E-state index contributed by atoms with van der Waals surface area (Å²) in [4.78, 5) is 14.3. The fourth-order valence-electron chi connectivity index (χ4n) is 2.87. The van der Waals surface area contributed by atoms with Gasteiger partial charge in [-0.05, 0) is 29.8 Å². The summed E-state index contributed by atoms with van der Waals surface area (Å²) in [5.74, 6) is -0.0575. The highest BCUT2D eigenvalue weighted by Gasteiger charge is 2.30. The number of amides is 1. The molecule has 0 aliphatic carbocycles. The van der Waals surface area contributed by atoms with Crippen molar-refractivity contribution in [2.75, 3.05) is 26.2 Å². The predicted molar refractivity (Wildman–Crippen MR) is 102 cm³/mol. The number of hydrogen-bond donors (Lipinski definition) is 0. The number of sulfonamides is 1. The van der Waals surface area contributed by atoms with Crippen LogP contribution in [0.1, 0.15) is 5.56 Å². The number of rotatable bonds is 4. The van der Waals surface area contributed by atoms with Gasteiger partial charge >= 0.3 is 0 Å². The summed E-state index contributed by atoms with van der Waals surface area (Å²) >= 11 is 12.0. The molecular formula is C18H18Cl2N2O3S. The van der Waals surface area contributed by atoms with Gasteiger partial charge in [0.2, 0.25) is 15.9 Å². The summed E-state index contributed by atoms with van der Waals surface area (Å²) in [7, 11) is -3.61. The van der Waals surface area contributed by atoms with E-state index in [1.54, 1.807) is 23.1 Å². The zero-order valence-corrected chi connectivity index (χ0v) is 16.3. The Morgan fingerprint density at radius 1 is 0.962 bits per heavy atom. The summed E-state index contributed by atoms with van der Waals surface area (Å²) in [5, 5.41) is 0.933. The van der Waals surface area contributed by atoms with Crippen LogP contribution < -0.4 is 0 Å². The largest absolute Gasteiger partial charge is 0.340 e. The Hall–Kier alpha value is -1.60. The standard InChI is InChI=1S/C18H18Cl2N2O3S/c19-15-5-3-6-16(13-15)26(24,25)22-10-8-21(9-11-22)18(23)12-14-4-1-2-7-17(14)20/h1-7,13H,8-12H2. The normalized spacial score (nSPS) is 15.8. The fourth-order valence-corrected chi connectivity index (χ4v) is 4.80. The van der Waals surface area contributed by atoms with Gasteiger partial charge < -0.3 is 4.90 Å². The Morgan fingerprint density at radius 3 is 2.31 bits per heavy atom. The number of nitrogens with zero attached hydrogens (tertiary/aromatic N) is 2. The molecule has 26 heavy (non-hydrogen) atoms. The minimum Gasteiger partial charge on any atom is -0.340 e. The van der Waals surface area contributed by atoms with E-state index < -0.39 is 10.0 Å². The number of hydrogen-bond acceptors (Lipinski definition) is 3. The molecule has 0 spiro atoms. The lowest BCUT2D eigenvalue weighted by Gasteiger charge is -2.34. The van der Waals surface area contributed by atoms with Gasteiger partial charge in [0.05, 0.1) is 11.3 Å². The first-order valence-electron chi connectivity index (χ1n) is 8.15. The maximum Gasteiger partial charge on any atom is 0.243 e. The van der Waals surface area contributed by atoms with Crippen molar-refractivity contribution in [1.82, 2.24) is 9.21 Å². The molecular weight excluding hydrogens is 395 g/mol. The van der Waals surface area contributed by atoms with E-state index in [1.807, 2.05) is 18.2 Å². The molecule has 1 amide bonds. The van der Waals surface area contributed by atoms with E-state index in [-0.39, 0.29) is 30.3 Å². The van der Waals surface area contributed by atoms with Crippen LogP contribution in [0.3, 0.4) is 0 Å². The summed E-state index contributed by atoms with van der Waals surface area (Å²) < 4.78 is 26.8. The Bertz CT molecular complexity index is 910. The van der Waals surface area contributed by atoms with E-state index in [2.05, 4.69) is 0 Å². The molecule has 2 aromatic carbocycles. The first-order chi connectivity index (χ1) is 12.4. The third-order valence-electron chi connectivity index (χ3n) is 4.32. The lowest BCUT2D eigenvalue weighted by atomic mass is 10.1. The van der Waals surface area contributed by atoms with Crippen molar-refractivity contribution in [3.05, 3.63) is 64.1 Å². The molecule has 8 heteroatoms. The molecule has 0 N–H and O–H groups in total. The van der Waals surface area contributed by atoms with Crippen LogP contribution in [0.4, 0.5) is 0 Å². The molecule has 1 aliphatic rings. The maximum atomic E-state index is 12.7. The third-order valence-corrected chi connectivity index (χ3v) is 6.82. The zero-order valence-electron chi connectivity index (χ0n) is 13.9. The fraction of sp³-hybridized carbons (Fsp3) is 0.278. The van der Waals surface area contributed by atoms with Crippen LogP contribution in [0.5, 0.6) is 0 Å². The second kappa shape index (κ2) is 7.96. The minimum atomic E-state index is -3.61. The van der Waals surface area contributed by atoms with E-state index in [0.717, 1.165) is 5.56 Å². The third kappa shape index (κ3) is 4.20. The number of piperazine rings is 1. The Kier molecular flexibility index (Phi) is 5.87. The number of carbonyl (C=O) groups is 1. The minimum absolute atomic E-state index is 0.0575. The van der Waals surface area contributed by atoms with Crippen LogP contribution >= 0.6 is 23.2 Å². The molecule has 1 aliphatic heterocycles. The molecule has 2 aromatic rings. The van der Waals surface area contributed by atoms with Gasteiger partial charge in [-0.15, -0.1) is 0 Å². The van der Waals surface area contributed by atoms with E-state index in [4.69, 9.17) is 23.2 Å². The van der Waals surface area contributed by atoms with Crippen molar-refractivity contribution in [1.29, 1.82) is 0 Å². The van der Waals surface area contributed by atoms with Crippen molar-refractivity contribution in [2.24, 2.45) is 0 Å². The lowest BCUT2D eigenvalue weighted by Crippen LogP contribution is -2.50. The van der Waals surface area contributed by atoms with Crippen molar-refractivity contribution in [3.63, 3.8) is 0 Å². The second-order valence-electron chi connectivity index (χ2n) is 6.01. The van der Waals surface area contributed by atoms with Crippen molar-refractivity contribution >= 4 is 39.1 Å². The smallest absolute Gasteiger partial charge is 0.243 e. The molecule has 1 heterocycles. The van der Waals surface area contributed by atoms with Crippen LogP contribution in [0.2, 0.25) is 10.0 Å². The quantitative estimate of drug-likeness (QED) is 0.774. The Balaban J connectivity index is 1.64. The van der Waals surface area contributed by atoms with E-state index in [9.17, 15) is 13.2 Å². The van der Waals surface area contributed by atoms with Crippen LogP contribution in [0.15, 0.2) is 53.4 Å². The van der Waals surface area contributed by atoms with E-state index in [0.29, 0.717) is 23.1 Å². The van der Waals surface area contributed by atoms with Gasteiger partial charge in [0.25, 0.3) is 0 Å². The summed E-state index contributed by atoms with van der Waals surface area (Å²) in [6.07, 6.45) is 0.209. The predicted octanol–water partition coefficient (Wildman–Crippen LogP) is 3.07. The van der Waals surface area contributed by atoms with Crippen LogP contribution in [-0.4, -0.2) is 49.7 Å². The molecule has 0 unspecified atom stereocenters. The van der Waals surface area contributed by atoms with Gasteiger partial charge in [-0.25, -0.2) is 8.42 Å². The summed E-state index contributed by atoms with van der Waals surface area (Å²) in [6, 6.07) is 13.4. The van der Waals surface area contributed by atoms with Gasteiger partial charge in [-0.2, -0.15) is 4.31 Å². The van der Waals surface area contributed by atoms with Crippen molar-refractivity contribution < 1.29 is 13.2 Å². The van der Waals surface area contributed by atoms with Crippen molar-refractivity contribution in [2.45, 2.75) is 11.3 Å². The van der Waals surface area contributed by atoms with Crippen LogP contribution in [0.25, 0.3) is 0 Å². The molecule has 0 saturated carbocycles. The molecule has 0 bridgehead atoms. The van der Waals surface area contributed by atoms with Crippen molar-refractivity contribution in [3.8, 4) is 0 Å². The highest BCUT2D eigenvalue weighted by Crippen LogP contribution is 2.21. The second-order valence-corrected chi connectivity index (χ2v) is 8.79. The molecule has 138 valence electrons. The SMILES string of the molecule is O=C(Cc1ccccc1Cl)N1CCN(S(=O)(=O)c2cccc(Cl)c2)CC1. The zero-order chi connectivity index (χ0) is 18.7. The van der Waals surface area contributed by atoms with Crippen LogP contribution in [-0.2, 0) is 21.2 Å². The van der Waals surface area contributed by atoms with Gasteiger partial charge in [0.1, 0.15) is 0 Å². The molecule has 5 nitrogen and oxygen atoms in total. The topological polar surface area (TPSA) is 57.7 Å². The van der Waals surface area contributed by atoms with E-state index >= 15 is 0 Å². The first-order valence-corrected chi connectivity index (χ1v) is 10.3. The highest BCUT2D eigenvalue weighted by atomic mass is 35.5. The monoisotopic (exact) mass is 412 g/mol. The molecule has 1 saturated heterocycles. The Labute approximate surface area is 163 Å². The average molecular weight is 413 g/mol.